The van der Waals surface area contributed by atoms with E-state index in [1.165, 1.54) is 4.90 Å². The Balaban J connectivity index is 2.65. The van der Waals surface area contributed by atoms with E-state index < -0.39 is 17.2 Å². The van der Waals surface area contributed by atoms with Gasteiger partial charge in [0, 0.05) is 7.05 Å². The van der Waals surface area contributed by atoms with E-state index >= 15 is 0 Å². The number of carbonyl (C=O) groups excluding carboxylic acids is 1. The molecule has 0 bridgehead atoms. The van der Waals surface area contributed by atoms with Crippen molar-refractivity contribution in [2.45, 2.75) is 51.2 Å². The number of carbonyl (C=O) groups is 1. The fraction of sp³-hybridized carbons (Fsp3) is 0.818. The van der Waals surface area contributed by atoms with Gasteiger partial charge >= 0.3 is 6.09 Å². The molecule has 0 spiro atoms. The van der Waals surface area contributed by atoms with E-state index in [-0.39, 0.29) is 0 Å². The molecule has 0 heterocycles. The maximum Gasteiger partial charge on any atom is 0.411 e. The zero-order valence-electron chi connectivity index (χ0n) is 9.83. The van der Waals surface area contributed by atoms with Gasteiger partial charge in [-0.25, -0.2) is 4.79 Å². The molecule has 15 heavy (non-hydrogen) atoms. The normalized spacial score (nSPS) is 18.6. The second kappa shape index (κ2) is 3.73. The van der Waals surface area contributed by atoms with Crippen LogP contribution < -0.4 is 0 Å². The third kappa shape index (κ3) is 2.41. The van der Waals surface area contributed by atoms with Crippen LogP contribution in [0.2, 0.25) is 0 Å². The molecule has 0 radical (unpaired) electrons. The molecule has 0 unspecified atom stereocenters. The van der Waals surface area contributed by atoms with Crippen molar-refractivity contribution in [3.63, 3.8) is 0 Å². The van der Waals surface area contributed by atoms with Crippen LogP contribution in [0, 0.1) is 11.3 Å². The van der Waals surface area contributed by atoms with Crippen LogP contribution in [0.3, 0.4) is 0 Å². The van der Waals surface area contributed by atoms with Crippen molar-refractivity contribution < 1.29 is 9.53 Å². The van der Waals surface area contributed by atoms with Crippen molar-refractivity contribution in [1.29, 1.82) is 5.26 Å². The molecule has 0 N–H and O–H groups in total. The van der Waals surface area contributed by atoms with Crippen molar-refractivity contribution in [3.05, 3.63) is 0 Å². The highest BCUT2D eigenvalue weighted by Crippen LogP contribution is 2.36. The lowest BCUT2D eigenvalue weighted by atomic mass is 9.77. The Morgan fingerprint density at radius 3 is 2.27 bits per heavy atom. The molecule has 4 nitrogen and oxygen atoms in total. The summed E-state index contributed by atoms with van der Waals surface area (Å²) in [5, 5.41) is 9.05. The molecule has 1 aliphatic rings. The minimum absolute atomic E-state index is 0.413. The summed E-state index contributed by atoms with van der Waals surface area (Å²) in [6.07, 6.45) is 2.09. The third-order valence-corrected chi connectivity index (χ3v) is 2.70. The number of rotatable bonds is 1. The van der Waals surface area contributed by atoms with Gasteiger partial charge in [-0.15, -0.1) is 0 Å². The summed E-state index contributed by atoms with van der Waals surface area (Å²) < 4.78 is 5.22. The number of hydrogen-bond donors (Lipinski definition) is 0. The van der Waals surface area contributed by atoms with E-state index in [1.54, 1.807) is 7.05 Å². The highest BCUT2D eigenvalue weighted by atomic mass is 16.6. The van der Waals surface area contributed by atoms with Gasteiger partial charge in [0.15, 0.2) is 0 Å². The molecule has 4 heteroatoms. The van der Waals surface area contributed by atoms with Crippen molar-refractivity contribution in [1.82, 2.24) is 4.90 Å². The SMILES string of the molecule is CN(C(=O)OC(C)(C)C)C1(C#N)CCC1. The molecule has 1 fully saturated rings. The first-order valence-electron chi connectivity index (χ1n) is 5.19. The number of ether oxygens (including phenoxy) is 1. The lowest BCUT2D eigenvalue weighted by Crippen LogP contribution is -2.54. The van der Waals surface area contributed by atoms with Gasteiger partial charge in [-0.1, -0.05) is 0 Å². The van der Waals surface area contributed by atoms with Crippen LogP contribution >= 0.6 is 0 Å². The predicted octanol–water partition coefficient (Wildman–Crippen LogP) is 2.30. The van der Waals surface area contributed by atoms with E-state index in [1.807, 2.05) is 20.8 Å². The van der Waals surface area contributed by atoms with Crippen LogP contribution in [0.1, 0.15) is 40.0 Å². The van der Waals surface area contributed by atoms with Crippen LogP contribution in [0.5, 0.6) is 0 Å². The molecule has 0 aromatic rings. The van der Waals surface area contributed by atoms with Gasteiger partial charge in [0.25, 0.3) is 0 Å². The van der Waals surface area contributed by atoms with Gasteiger partial charge in [-0.3, -0.25) is 4.90 Å². The van der Waals surface area contributed by atoms with Crippen LogP contribution in [0.4, 0.5) is 4.79 Å². The summed E-state index contributed by atoms with van der Waals surface area (Å²) in [5.74, 6) is 0. The summed E-state index contributed by atoms with van der Waals surface area (Å²) in [4.78, 5) is 13.1. The fourth-order valence-electron chi connectivity index (χ4n) is 1.54. The minimum atomic E-state index is -0.623. The fourth-order valence-corrected chi connectivity index (χ4v) is 1.54. The molecule has 0 aromatic heterocycles. The Morgan fingerprint density at radius 2 is 2.00 bits per heavy atom. The molecule has 1 saturated carbocycles. The second-order valence-electron chi connectivity index (χ2n) is 5.04. The van der Waals surface area contributed by atoms with Crippen molar-refractivity contribution in [3.8, 4) is 6.07 Å². The molecule has 0 aromatic carbocycles. The van der Waals surface area contributed by atoms with Gasteiger partial charge in [0.1, 0.15) is 11.1 Å². The number of nitrogens with zero attached hydrogens (tertiary/aromatic N) is 2. The summed E-state index contributed by atoms with van der Waals surface area (Å²) in [6.45, 7) is 5.45. The van der Waals surface area contributed by atoms with Crippen LogP contribution in [-0.2, 0) is 4.74 Å². The Morgan fingerprint density at radius 1 is 1.47 bits per heavy atom. The Hall–Kier alpha value is -1.24. The third-order valence-electron chi connectivity index (χ3n) is 2.70. The van der Waals surface area contributed by atoms with E-state index in [2.05, 4.69) is 6.07 Å². The maximum atomic E-state index is 11.7. The first-order valence-corrected chi connectivity index (χ1v) is 5.19. The Kier molecular flexibility index (Phi) is 2.94. The summed E-state index contributed by atoms with van der Waals surface area (Å²) in [5.41, 5.74) is -1.13. The average molecular weight is 210 g/mol. The van der Waals surface area contributed by atoms with Gasteiger partial charge in [-0.05, 0) is 40.0 Å². The Labute approximate surface area is 90.8 Å². The van der Waals surface area contributed by atoms with Gasteiger partial charge in [-0.2, -0.15) is 5.26 Å². The van der Waals surface area contributed by atoms with Gasteiger partial charge in [0.05, 0.1) is 6.07 Å². The first kappa shape index (κ1) is 11.8. The van der Waals surface area contributed by atoms with Crippen molar-refractivity contribution >= 4 is 6.09 Å². The lowest BCUT2D eigenvalue weighted by molar-refractivity contribution is 0.000597. The van der Waals surface area contributed by atoms with Gasteiger partial charge < -0.3 is 4.74 Å². The second-order valence-corrected chi connectivity index (χ2v) is 5.04. The topological polar surface area (TPSA) is 53.3 Å². The zero-order chi connectivity index (χ0) is 11.7. The molecular weight excluding hydrogens is 192 g/mol. The zero-order valence-corrected chi connectivity index (χ0v) is 9.83. The summed E-state index contributed by atoms with van der Waals surface area (Å²) in [6, 6.07) is 2.21. The van der Waals surface area contributed by atoms with E-state index in [4.69, 9.17) is 10.00 Å². The summed E-state index contributed by atoms with van der Waals surface area (Å²) in [7, 11) is 1.64. The molecule has 1 aliphatic carbocycles. The van der Waals surface area contributed by atoms with E-state index in [9.17, 15) is 4.79 Å². The molecule has 0 aliphatic heterocycles. The molecule has 0 atom stereocenters. The molecule has 1 rings (SSSR count). The molecule has 0 saturated heterocycles. The number of nitriles is 1. The maximum absolute atomic E-state index is 11.7. The predicted molar refractivity (Wildman–Crippen MR) is 56.2 cm³/mol. The number of amides is 1. The van der Waals surface area contributed by atoms with Crippen LogP contribution in [0.25, 0.3) is 0 Å². The summed E-state index contributed by atoms with van der Waals surface area (Å²) >= 11 is 0. The average Bonchev–Trinajstić information content (AvgIpc) is 1.99. The van der Waals surface area contributed by atoms with Crippen molar-refractivity contribution in [2.75, 3.05) is 7.05 Å². The van der Waals surface area contributed by atoms with E-state index in [0.29, 0.717) is 0 Å². The van der Waals surface area contributed by atoms with Crippen LogP contribution in [-0.4, -0.2) is 29.2 Å². The lowest BCUT2D eigenvalue weighted by Gasteiger charge is -2.42. The first-order chi connectivity index (χ1) is 6.81. The van der Waals surface area contributed by atoms with Gasteiger partial charge in [0.2, 0.25) is 0 Å². The number of hydrogen-bond acceptors (Lipinski definition) is 3. The highest BCUT2D eigenvalue weighted by Gasteiger charge is 2.44. The molecule has 84 valence electrons. The monoisotopic (exact) mass is 210 g/mol. The minimum Gasteiger partial charge on any atom is -0.444 e. The van der Waals surface area contributed by atoms with Crippen LogP contribution in [0.15, 0.2) is 0 Å². The smallest absolute Gasteiger partial charge is 0.411 e. The molecular formula is C11H18N2O2. The molecule has 1 amide bonds. The quantitative estimate of drug-likeness (QED) is 0.667. The van der Waals surface area contributed by atoms with E-state index in [0.717, 1.165) is 19.3 Å². The standard InChI is InChI=1S/C11H18N2O2/c1-10(2,3)15-9(14)13(4)11(8-12)6-5-7-11/h5-7H2,1-4H3. The van der Waals surface area contributed by atoms with Crippen molar-refractivity contribution in [2.24, 2.45) is 0 Å². The largest absolute Gasteiger partial charge is 0.444 e. The Bertz CT molecular complexity index is 295. The highest BCUT2D eigenvalue weighted by molar-refractivity contribution is 5.69.